The minimum absolute atomic E-state index is 0. The minimum Gasteiger partial charge on any atom is -1.00 e. The maximum Gasteiger partial charge on any atom is 1.00 e. The van der Waals surface area contributed by atoms with Gasteiger partial charge in [0.2, 0.25) is 0 Å². The van der Waals surface area contributed by atoms with Crippen molar-refractivity contribution in [3.8, 4) is 0 Å². The fourth-order valence-electron chi connectivity index (χ4n) is 0. The monoisotopic (exact) mass is 172 g/mol. The van der Waals surface area contributed by atoms with E-state index in [9.17, 15) is 0 Å². The van der Waals surface area contributed by atoms with Crippen molar-refractivity contribution in [3.63, 3.8) is 0 Å². The number of rotatable bonds is 0. The SMILES string of the molecule is O=S(=O)(O)O.OO.[H-].[K+]. The average molecular weight is 172 g/mol. The van der Waals surface area contributed by atoms with Crippen LogP contribution in [0.5, 0.6) is 0 Å². The van der Waals surface area contributed by atoms with E-state index in [-0.39, 0.29) is 52.8 Å². The molecule has 0 unspecified atom stereocenters. The van der Waals surface area contributed by atoms with Gasteiger partial charge in [-0.15, -0.1) is 0 Å². The largest absolute Gasteiger partial charge is 1.00 e. The van der Waals surface area contributed by atoms with E-state index in [2.05, 4.69) is 0 Å². The van der Waals surface area contributed by atoms with E-state index >= 15 is 0 Å². The molecule has 0 aromatic heterocycles. The van der Waals surface area contributed by atoms with Gasteiger partial charge >= 0.3 is 61.8 Å². The molecule has 0 radical (unpaired) electrons. The van der Waals surface area contributed by atoms with Crippen molar-refractivity contribution in [3.05, 3.63) is 0 Å². The molecule has 0 aliphatic heterocycles. The predicted octanol–water partition coefficient (Wildman–Crippen LogP) is -3.52. The Balaban J connectivity index is -0.0000000286. The molecule has 0 rings (SSSR count). The van der Waals surface area contributed by atoms with Crippen LogP contribution in [-0.2, 0) is 10.4 Å². The zero-order chi connectivity index (χ0) is 6.50. The molecule has 8 heteroatoms. The van der Waals surface area contributed by atoms with Crippen molar-refractivity contribution < 1.29 is 80.8 Å². The normalized spacial score (nSPS) is 8.00. The van der Waals surface area contributed by atoms with Crippen LogP contribution in [0.15, 0.2) is 0 Å². The Hall–Kier alpha value is 1.43. The zero-order valence-corrected chi connectivity index (χ0v) is 7.95. The third kappa shape index (κ3) is 151. The van der Waals surface area contributed by atoms with Crippen LogP contribution >= 0.6 is 0 Å². The predicted molar refractivity (Wildman–Crippen MR) is 20.5 cm³/mol. The van der Waals surface area contributed by atoms with Gasteiger partial charge in [-0.3, -0.25) is 19.6 Å². The van der Waals surface area contributed by atoms with Crippen LogP contribution in [0.4, 0.5) is 0 Å². The van der Waals surface area contributed by atoms with Gasteiger partial charge < -0.3 is 1.43 Å². The minimum atomic E-state index is -4.67. The van der Waals surface area contributed by atoms with E-state index in [1.165, 1.54) is 0 Å². The molecule has 0 aliphatic carbocycles. The van der Waals surface area contributed by atoms with Crippen molar-refractivity contribution in [2.24, 2.45) is 0 Å². The molecule has 48 valence electrons. The smallest absolute Gasteiger partial charge is 1.00 e. The maximum absolute atomic E-state index is 8.74. The molecule has 0 saturated carbocycles. The van der Waals surface area contributed by atoms with Crippen LogP contribution < -0.4 is 51.4 Å². The molecule has 0 saturated heterocycles. The third-order valence-electron chi connectivity index (χ3n) is 0. The Morgan fingerprint density at radius 1 is 1.12 bits per heavy atom. The quantitative estimate of drug-likeness (QED) is 0.130. The topological polar surface area (TPSA) is 115 Å². The molecule has 0 amide bonds. The molecule has 4 N–H and O–H groups in total. The first-order chi connectivity index (χ1) is 3.00. The zero-order valence-electron chi connectivity index (χ0n) is 5.01. The van der Waals surface area contributed by atoms with Crippen molar-refractivity contribution in [1.29, 1.82) is 0 Å². The second-order valence-corrected chi connectivity index (χ2v) is 1.34. The molecule has 0 aliphatic rings. The summed E-state index contributed by atoms with van der Waals surface area (Å²) in [6.07, 6.45) is 0. The molecule has 0 heterocycles. The van der Waals surface area contributed by atoms with Crippen LogP contribution in [0.3, 0.4) is 0 Å². The van der Waals surface area contributed by atoms with Crippen LogP contribution in [0.1, 0.15) is 1.43 Å². The van der Waals surface area contributed by atoms with E-state index in [1.54, 1.807) is 0 Å². The summed E-state index contributed by atoms with van der Waals surface area (Å²) >= 11 is 0. The van der Waals surface area contributed by atoms with E-state index in [0.717, 1.165) is 0 Å². The molecule has 0 aromatic rings. The van der Waals surface area contributed by atoms with Gasteiger partial charge in [0.25, 0.3) is 0 Å². The third-order valence-corrected chi connectivity index (χ3v) is 0. The van der Waals surface area contributed by atoms with E-state index in [1.807, 2.05) is 0 Å². The Morgan fingerprint density at radius 2 is 1.12 bits per heavy atom. The Kier molecular flexibility index (Phi) is 17.1. The van der Waals surface area contributed by atoms with Gasteiger partial charge in [-0.1, -0.05) is 0 Å². The van der Waals surface area contributed by atoms with Crippen LogP contribution in [0.2, 0.25) is 0 Å². The van der Waals surface area contributed by atoms with Gasteiger partial charge in [-0.2, -0.15) is 8.42 Å². The maximum atomic E-state index is 8.74. The standard InChI is InChI=1S/K.H2O4S.H2O2.H/c;1-5(2,3)4;1-2;/h;(H2,1,2,3,4);1-2H;/q+1;;;-1. The summed E-state index contributed by atoms with van der Waals surface area (Å²) in [4.78, 5) is 0. The van der Waals surface area contributed by atoms with Crippen molar-refractivity contribution >= 4 is 10.4 Å². The van der Waals surface area contributed by atoms with Crippen LogP contribution in [0, 0.1) is 0 Å². The summed E-state index contributed by atoms with van der Waals surface area (Å²) in [5.74, 6) is 0. The summed E-state index contributed by atoms with van der Waals surface area (Å²) in [7, 11) is -4.67. The van der Waals surface area contributed by atoms with E-state index in [0.29, 0.717) is 0 Å². The summed E-state index contributed by atoms with van der Waals surface area (Å²) in [6.45, 7) is 0. The first kappa shape index (κ1) is 16.2. The van der Waals surface area contributed by atoms with Crippen LogP contribution in [0.25, 0.3) is 0 Å². The molecule has 0 atom stereocenters. The van der Waals surface area contributed by atoms with E-state index < -0.39 is 10.4 Å². The first-order valence-corrected chi connectivity index (χ1v) is 2.30. The second kappa shape index (κ2) is 8.43. The molecular weight excluding hydrogens is 167 g/mol. The summed E-state index contributed by atoms with van der Waals surface area (Å²) in [5, 5.41) is 12.0. The van der Waals surface area contributed by atoms with Crippen molar-refractivity contribution in [2.45, 2.75) is 0 Å². The fraction of sp³-hybridized carbons (Fsp3) is 0. The van der Waals surface area contributed by atoms with Gasteiger partial charge in [0.15, 0.2) is 0 Å². The number of hydrogen-bond acceptors (Lipinski definition) is 4. The molecule has 8 heavy (non-hydrogen) atoms. The Bertz CT molecular complexity index is 96.2. The van der Waals surface area contributed by atoms with Crippen molar-refractivity contribution in [1.82, 2.24) is 0 Å². The average Bonchev–Trinajstić information content (AvgIpc) is 1.36. The van der Waals surface area contributed by atoms with Gasteiger partial charge in [0.05, 0.1) is 0 Å². The number of hydrogen-bond donors (Lipinski definition) is 4. The summed E-state index contributed by atoms with van der Waals surface area (Å²) < 4.78 is 31.6. The van der Waals surface area contributed by atoms with Gasteiger partial charge in [-0.25, -0.2) is 0 Å². The molecule has 0 bridgehead atoms. The van der Waals surface area contributed by atoms with Crippen molar-refractivity contribution in [2.75, 3.05) is 0 Å². The van der Waals surface area contributed by atoms with E-state index in [4.69, 9.17) is 28.0 Å². The second-order valence-electron chi connectivity index (χ2n) is 0.448. The molecular formula is H5KO6S. The summed E-state index contributed by atoms with van der Waals surface area (Å²) in [6, 6.07) is 0. The van der Waals surface area contributed by atoms with Gasteiger partial charge in [0.1, 0.15) is 0 Å². The van der Waals surface area contributed by atoms with Gasteiger partial charge in [0, 0.05) is 0 Å². The Labute approximate surface area is 89.9 Å². The fourth-order valence-corrected chi connectivity index (χ4v) is 0. The first-order valence-electron chi connectivity index (χ1n) is 0.898. The molecule has 6 nitrogen and oxygen atoms in total. The molecule has 0 fully saturated rings. The molecule has 0 aromatic carbocycles. The van der Waals surface area contributed by atoms with Gasteiger partial charge in [-0.05, 0) is 0 Å². The molecule has 0 spiro atoms. The summed E-state index contributed by atoms with van der Waals surface area (Å²) in [5.41, 5.74) is 0. The van der Waals surface area contributed by atoms with Crippen LogP contribution in [-0.4, -0.2) is 28.0 Å². The Morgan fingerprint density at radius 3 is 1.12 bits per heavy atom.